The van der Waals surface area contributed by atoms with Crippen LogP contribution in [0.3, 0.4) is 0 Å². The quantitative estimate of drug-likeness (QED) is 0.783. The molecule has 0 aliphatic rings. The fourth-order valence-corrected chi connectivity index (χ4v) is 3.32. The van der Waals surface area contributed by atoms with E-state index >= 15 is 0 Å². The van der Waals surface area contributed by atoms with Crippen molar-refractivity contribution in [3.05, 3.63) is 64.1 Å². The molecule has 2 aromatic rings. The lowest BCUT2D eigenvalue weighted by molar-refractivity contribution is 0.252. The van der Waals surface area contributed by atoms with Gasteiger partial charge in [0.15, 0.2) is 9.84 Å². The van der Waals surface area contributed by atoms with Crippen molar-refractivity contribution in [2.75, 3.05) is 13.3 Å². The van der Waals surface area contributed by atoms with E-state index in [4.69, 9.17) is 0 Å². The summed E-state index contributed by atoms with van der Waals surface area (Å²) in [6.07, 6.45) is 1.23. The maximum absolute atomic E-state index is 11.5. The van der Waals surface area contributed by atoms with Gasteiger partial charge in [0, 0.05) is 23.3 Å². The van der Waals surface area contributed by atoms with Gasteiger partial charge in [-0.05, 0) is 43.3 Å². The minimum Gasteiger partial charge on any atom is -0.295 e. The molecule has 0 aromatic heterocycles. The van der Waals surface area contributed by atoms with Gasteiger partial charge in [0.2, 0.25) is 0 Å². The molecule has 0 heterocycles. The van der Waals surface area contributed by atoms with Gasteiger partial charge < -0.3 is 0 Å². The predicted octanol–water partition coefficient (Wildman–Crippen LogP) is 4.05. The fourth-order valence-electron chi connectivity index (χ4n) is 2.28. The van der Waals surface area contributed by atoms with Gasteiger partial charge in [0.05, 0.1) is 4.90 Å². The molecule has 1 atom stereocenters. The van der Waals surface area contributed by atoms with Crippen LogP contribution in [0.15, 0.2) is 57.9 Å². The number of nitrogens with zero attached hydrogens (tertiary/aromatic N) is 1. The topological polar surface area (TPSA) is 37.4 Å². The largest absolute Gasteiger partial charge is 0.295 e. The summed E-state index contributed by atoms with van der Waals surface area (Å²) in [4.78, 5) is 2.59. The minimum absolute atomic E-state index is 0.195. The zero-order chi connectivity index (χ0) is 16.3. The number of sulfone groups is 1. The van der Waals surface area contributed by atoms with Gasteiger partial charge >= 0.3 is 0 Å². The van der Waals surface area contributed by atoms with E-state index in [0.717, 1.165) is 16.6 Å². The fraction of sp³-hybridized carbons (Fsp3) is 0.294. The van der Waals surface area contributed by atoms with Crippen LogP contribution in [-0.2, 0) is 16.4 Å². The molecule has 0 aliphatic heterocycles. The van der Waals surface area contributed by atoms with Crippen molar-refractivity contribution in [3.8, 4) is 0 Å². The first-order valence-electron chi connectivity index (χ1n) is 7.02. The third-order valence-electron chi connectivity index (χ3n) is 3.83. The first kappa shape index (κ1) is 17.2. The average Bonchev–Trinajstić information content (AvgIpc) is 2.48. The Morgan fingerprint density at radius 1 is 1.09 bits per heavy atom. The van der Waals surface area contributed by atoms with Crippen LogP contribution in [0.5, 0.6) is 0 Å². The standard InChI is InChI=1S/C17H20BrNO2S/c1-13(14-8-10-16(11-9-14)22(3,20)21)19(2)12-15-6-4-5-7-17(15)18/h4-11,13H,12H2,1-3H3/t13-/m0/s1. The zero-order valence-electron chi connectivity index (χ0n) is 13.0. The van der Waals surface area contributed by atoms with Crippen LogP contribution >= 0.6 is 15.9 Å². The summed E-state index contributed by atoms with van der Waals surface area (Å²) in [5.74, 6) is 0. The highest BCUT2D eigenvalue weighted by molar-refractivity contribution is 9.10. The molecule has 0 saturated carbocycles. The second kappa shape index (κ2) is 6.94. The monoisotopic (exact) mass is 381 g/mol. The van der Waals surface area contributed by atoms with E-state index in [1.165, 1.54) is 11.8 Å². The lowest BCUT2D eigenvalue weighted by Crippen LogP contribution is -2.22. The molecule has 0 radical (unpaired) electrons. The molecule has 0 aliphatic carbocycles. The summed E-state index contributed by atoms with van der Waals surface area (Å²) in [5, 5.41) is 0. The molecule has 0 saturated heterocycles. The molecule has 0 bridgehead atoms. The number of rotatable bonds is 5. The molecule has 0 amide bonds. The summed E-state index contributed by atoms with van der Waals surface area (Å²) in [7, 11) is -1.08. The van der Waals surface area contributed by atoms with Crippen molar-refractivity contribution in [3.63, 3.8) is 0 Å². The van der Waals surface area contributed by atoms with Crippen LogP contribution in [0.1, 0.15) is 24.1 Å². The summed E-state index contributed by atoms with van der Waals surface area (Å²) < 4.78 is 24.1. The molecule has 118 valence electrons. The Bertz CT molecular complexity index is 742. The Hall–Kier alpha value is -1.17. The molecule has 3 nitrogen and oxygen atoms in total. The summed E-state index contributed by atoms with van der Waals surface area (Å²) in [6, 6.07) is 15.5. The highest BCUT2D eigenvalue weighted by Crippen LogP contribution is 2.24. The maximum atomic E-state index is 11.5. The highest BCUT2D eigenvalue weighted by atomic mass is 79.9. The van der Waals surface area contributed by atoms with Gasteiger partial charge in [0.1, 0.15) is 0 Å². The molecule has 0 spiro atoms. The Morgan fingerprint density at radius 3 is 2.23 bits per heavy atom. The number of halogens is 1. The van der Waals surface area contributed by atoms with E-state index in [1.807, 2.05) is 30.3 Å². The van der Waals surface area contributed by atoms with Gasteiger partial charge in [-0.3, -0.25) is 4.90 Å². The molecule has 0 fully saturated rings. The van der Waals surface area contributed by atoms with E-state index in [-0.39, 0.29) is 6.04 Å². The van der Waals surface area contributed by atoms with E-state index in [0.29, 0.717) is 4.90 Å². The Labute approximate surface area is 141 Å². The van der Waals surface area contributed by atoms with E-state index in [9.17, 15) is 8.42 Å². The van der Waals surface area contributed by atoms with Gasteiger partial charge in [-0.15, -0.1) is 0 Å². The first-order chi connectivity index (χ1) is 10.3. The lowest BCUT2D eigenvalue weighted by Gasteiger charge is -2.25. The van der Waals surface area contributed by atoms with Crippen molar-refractivity contribution >= 4 is 25.8 Å². The summed E-state index contributed by atoms with van der Waals surface area (Å²) in [5.41, 5.74) is 2.33. The van der Waals surface area contributed by atoms with Crippen LogP contribution < -0.4 is 0 Å². The second-order valence-electron chi connectivity index (χ2n) is 5.52. The van der Waals surface area contributed by atoms with Crippen molar-refractivity contribution in [2.24, 2.45) is 0 Å². The third kappa shape index (κ3) is 4.18. The van der Waals surface area contributed by atoms with E-state index in [1.54, 1.807) is 12.1 Å². The average molecular weight is 382 g/mol. The molecule has 0 N–H and O–H groups in total. The number of hydrogen-bond acceptors (Lipinski definition) is 3. The van der Waals surface area contributed by atoms with E-state index < -0.39 is 9.84 Å². The van der Waals surface area contributed by atoms with Crippen molar-refractivity contribution in [1.82, 2.24) is 4.90 Å². The van der Waals surface area contributed by atoms with Gasteiger partial charge in [0.25, 0.3) is 0 Å². The third-order valence-corrected chi connectivity index (χ3v) is 5.73. The normalized spacial score (nSPS) is 13.3. The van der Waals surface area contributed by atoms with Crippen LogP contribution in [0.4, 0.5) is 0 Å². The Morgan fingerprint density at radius 2 is 1.68 bits per heavy atom. The Kier molecular flexibility index (Phi) is 5.42. The molecule has 2 aromatic carbocycles. The molecule has 5 heteroatoms. The van der Waals surface area contributed by atoms with E-state index in [2.05, 4.69) is 40.9 Å². The van der Waals surface area contributed by atoms with Crippen LogP contribution in [-0.4, -0.2) is 26.6 Å². The van der Waals surface area contributed by atoms with Crippen LogP contribution in [0, 0.1) is 0 Å². The maximum Gasteiger partial charge on any atom is 0.175 e. The Balaban J connectivity index is 2.14. The minimum atomic E-state index is -3.14. The second-order valence-corrected chi connectivity index (χ2v) is 8.39. The predicted molar refractivity (Wildman–Crippen MR) is 93.6 cm³/mol. The molecular formula is C17H20BrNO2S. The highest BCUT2D eigenvalue weighted by Gasteiger charge is 2.14. The lowest BCUT2D eigenvalue weighted by atomic mass is 10.1. The number of benzene rings is 2. The smallest absolute Gasteiger partial charge is 0.175 e. The molecular weight excluding hydrogens is 362 g/mol. The van der Waals surface area contributed by atoms with Crippen molar-refractivity contribution in [2.45, 2.75) is 24.4 Å². The zero-order valence-corrected chi connectivity index (χ0v) is 15.4. The molecule has 2 rings (SSSR count). The summed E-state index contributed by atoms with van der Waals surface area (Å²) >= 11 is 3.57. The van der Waals surface area contributed by atoms with Gasteiger partial charge in [-0.25, -0.2) is 8.42 Å². The van der Waals surface area contributed by atoms with Crippen LogP contribution in [0.25, 0.3) is 0 Å². The van der Waals surface area contributed by atoms with Gasteiger partial charge in [-0.1, -0.05) is 46.3 Å². The van der Waals surface area contributed by atoms with Crippen molar-refractivity contribution < 1.29 is 8.42 Å². The summed E-state index contributed by atoms with van der Waals surface area (Å²) in [6.45, 7) is 2.93. The molecule has 0 unspecified atom stereocenters. The van der Waals surface area contributed by atoms with Crippen molar-refractivity contribution in [1.29, 1.82) is 0 Å². The molecule has 22 heavy (non-hydrogen) atoms. The number of hydrogen-bond donors (Lipinski definition) is 0. The van der Waals surface area contributed by atoms with Gasteiger partial charge in [-0.2, -0.15) is 0 Å². The SMILES string of the molecule is C[C@@H](c1ccc(S(C)(=O)=O)cc1)N(C)Cc1ccccc1Br. The first-order valence-corrected chi connectivity index (χ1v) is 9.71. The van der Waals surface area contributed by atoms with Crippen LogP contribution in [0.2, 0.25) is 0 Å².